The van der Waals surface area contributed by atoms with Crippen molar-refractivity contribution in [1.29, 1.82) is 0 Å². The summed E-state index contributed by atoms with van der Waals surface area (Å²) in [7, 11) is -3.58. The lowest BCUT2D eigenvalue weighted by atomic mass is 10.1. The second-order valence-electron chi connectivity index (χ2n) is 7.45. The van der Waals surface area contributed by atoms with Gasteiger partial charge in [-0.2, -0.15) is 5.10 Å². The van der Waals surface area contributed by atoms with Gasteiger partial charge in [-0.15, -0.1) is 0 Å². The fourth-order valence-electron chi connectivity index (χ4n) is 3.28. The third-order valence-electron chi connectivity index (χ3n) is 4.93. The Morgan fingerprint density at radius 1 is 1.06 bits per heavy atom. The van der Waals surface area contributed by atoms with Crippen LogP contribution >= 0.6 is 11.6 Å². The van der Waals surface area contributed by atoms with E-state index in [0.717, 1.165) is 30.0 Å². The van der Waals surface area contributed by atoms with E-state index in [9.17, 15) is 17.6 Å². The molecule has 0 aliphatic heterocycles. The Balaban J connectivity index is 1.72. The van der Waals surface area contributed by atoms with Crippen molar-refractivity contribution in [1.82, 2.24) is 9.78 Å². The Hall–Kier alpha value is -3.49. The van der Waals surface area contributed by atoms with E-state index in [0.29, 0.717) is 22.8 Å². The van der Waals surface area contributed by atoms with E-state index >= 15 is 0 Å². The molecule has 4 rings (SSSR count). The number of nitrogens with zero attached hydrogens (tertiary/aromatic N) is 2. The highest BCUT2D eigenvalue weighted by atomic mass is 35.5. The molecule has 1 amide bonds. The van der Waals surface area contributed by atoms with E-state index in [4.69, 9.17) is 11.6 Å². The minimum absolute atomic E-state index is 0.100. The molecule has 0 aliphatic rings. The maximum atomic E-state index is 14.3. The highest BCUT2D eigenvalue weighted by Crippen LogP contribution is 2.26. The summed E-state index contributed by atoms with van der Waals surface area (Å²) in [5.74, 6) is -1.37. The van der Waals surface area contributed by atoms with Crippen molar-refractivity contribution >= 4 is 33.0 Å². The predicted molar refractivity (Wildman–Crippen MR) is 126 cm³/mol. The molecule has 0 spiro atoms. The standard InChI is InChI=1S/C24H19ClFN3O3S/c1-33(31,32)19-11-12-21(26)22(13-19)27-24(30)20-15-29(14-16-5-3-2-4-6-16)28-23(20)17-7-9-18(25)10-8-17/h2-13,15H,14H2,1H3,(H,27,30). The van der Waals surface area contributed by atoms with Crippen molar-refractivity contribution in [2.75, 3.05) is 11.6 Å². The molecule has 0 aliphatic carbocycles. The zero-order valence-electron chi connectivity index (χ0n) is 17.5. The highest BCUT2D eigenvalue weighted by molar-refractivity contribution is 7.90. The molecule has 1 heterocycles. The lowest BCUT2D eigenvalue weighted by Gasteiger charge is -2.08. The maximum Gasteiger partial charge on any atom is 0.259 e. The smallest absolute Gasteiger partial charge is 0.259 e. The van der Waals surface area contributed by atoms with Crippen molar-refractivity contribution in [3.63, 3.8) is 0 Å². The molecule has 0 saturated carbocycles. The second kappa shape index (κ2) is 9.17. The molecule has 168 valence electrons. The van der Waals surface area contributed by atoms with E-state index in [2.05, 4.69) is 10.4 Å². The normalized spacial score (nSPS) is 11.4. The van der Waals surface area contributed by atoms with Crippen LogP contribution < -0.4 is 5.32 Å². The molecule has 4 aromatic rings. The van der Waals surface area contributed by atoms with Gasteiger partial charge in [0.05, 0.1) is 22.7 Å². The molecule has 0 fully saturated rings. The van der Waals surface area contributed by atoms with Crippen molar-refractivity contribution in [3.05, 3.63) is 101 Å². The van der Waals surface area contributed by atoms with Crippen LogP contribution in [-0.2, 0) is 16.4 Å². The van der Waals surface area contributed by atoms with Gasteiger partial charge in [0.25, 0.3) is 5.91 Å². The van der Waals surface area contributed by atoms with Gasteiger partial charge in [0.2, 0.25) is 0 Å². The summed E-state index contributed by atoms with van der Waals surface area (Å²) >= 11 is 5.99. The van der Waals surface area contributed by atoms with Crippen LogP contribution in [0.4, 0.5) is 10.1 Å². The van der Waals surface area contributed by atoms with E-state index in [1.165, 1.54) is 0 Å². The molecule has 1 N–H and O–H groups in total. The summed E-state index contributed by atoms with van der Waals surface area (Å²) in [6.07, 6.45) is 2.59. The minimum atomic E-state index is -3.58. The lowest BCUT2D eigenvalue weighted by molar-refractivity contribution is 0.102. The van der Waals surface area contributed by atoms with Crippen molar-refractivity contribution < 1.29 is 17.6 Å². The number of rotatable bonds is 6. The van der Waals surface area contributed by atoms with Gasteiger partial charge in [-0.1, -0.05) is 54.1 Å². The van der Waals surface area contributed by atoms with Gasteiger partial charge < -0.3 is 5.32 Å². The largest absolute Gasteiger partial charge is 0.319 e. The van der Waals surface area contributed by atoms with E-state index in [-0.39, 0.29) is 16.1 Å². The summed E-state index contributed by atoms with van der Waals surface area (Å²) in [4.78, 5) is 13.0. The fraction of sp³-hybridized carbons (Fsp3) is 0.0833. The number of amides is 1. The summed E-state index contributed by atoms with van der Waals surface area (Å²) in [5.41, 5.74) is 2.00. The Labute approximate surface area is 195 Å². The van der Waals surface area contributed by atoms with Crippen LogP contribution in [0.3, 0.4) is 0 Å². The number of anilines is 1. The molecule has 0 bridgehead atoms. The van der Waals surface area contributed by atoms with Crippen LogP contribution in [0.15, 0.2) is 83.9 Å². The topological polar surface area (TPSA) is 81.1 Å². The molecule has 0 atom stereocenters. The Kier molecular flexibility index (Phi) is 6.31. The zero-order chi connectivity index (χ0) is 23.6. The first-order chi connectivity index (χ1) is 15.7. The lowest BCUT2D eigenvalue weighted by Crippen LogP contribution is -2.14. The number of benzene rings is 3. The van der Waals surface area contributed by atoms with E-state index < -0.39 is 21.6 Å². The quantitative estimate of drug-likeness (QED) is 0.389. The highest BCUT2D eigenvalue weighted by Gasteiger charge is 2.20. The number of aromatic nitrogens is 2. The average Bonchev–Trinajstić information content (AvgIpc) is 3.19. The van der Waals surface area contributed by atoms with Gasteiger partial charge in [-0.05, 0) is 35.9 Å². The minimum Gasteiger partial charge on any atom is -0.319 e. The zero-order valence-corrected chi connectivity index (χ0v) is 19.1. The van der Waals surface area contributed by atoms with Gasteiger partial charge >= 0.3 is 0 Å². The summed E-state index contributed by atoms with van der Waals surface area (Å²) in [6.45, 7) is 0.423. The van der Waals surface area contributed by atoms with Gasteiger partial charge in [-0.3, -0.25) is 9.48 Å². The third kappa shape index (κ3) is 5.30. The number of hydrogen-bond acceptors (Lipinski definition) is 4. The molecule has 0 saturated heterocycles. The van der Waals surface area contributed by atoms with Crippen LogP contribution in [-0.4, -0.2) is 30.4 Å². The van der Waals surface area contributed by atoms with E-state index in [1.54, 1.807) is 35.1 Å². The molecule has 6 nitrogen and oxygen atoms in total. The monoisotopic (exact) mass is 483 g/mol. The first kappa shape index (κ1) is 22.7. The predicted octanol–water partition coefficient (Wildman–Crippen LogP) is 5.05. The first-order valence-electron chi connectivity index (χ1n) is 9.89. The summed E-state index contributed by atoms with van der Waals surface area (Å²) in [6, 6.07) is 19.7. The molecule has 9 heteroatoms. The molecule has 3 aromatic carbocycles. The van der Waals surface area contributed by atoms with Gasteiger partial charge in [0, 0.05) is 23.0 Å². The number of nitrogens with one attached hydrogen (secondary N) is 1. The number of hydrogen-bond donors (Lipinski definition) is 1. The van der Waals surface area contributed by atoms with Crippen molar-refractivity contribution in [2.45, 2.75) is 11.4 Å². The molecule has 1 aromatic heterocycles. The third-order valence-corrected chi connectivity index (χ3v) is 6.29. The van der Waals surface area contributed by atoms with Crippen LogP contribution in [0.5, 0.6) is 0 Å². The van der Waals surface area contributed by atoms with Crippen molar-refractivity contribution in [3.8, 4) is 11.3 Å². The molecule has 0 radical (unpaired) electrons. The summed E-state index contributed by atoms with van der Waals surface area (Å²) < 4.78 is 39.6. The van der Waals surface area contributed by atoms with Crippen LogP contribution in [0.25, 0.3) is 11.3 Å². The van der Waals surface area contributed by atoms with Crippen LogP contribution in [0.2, 0.25) is 5.02 Å². The Bertz CT molecular complexity index is 1420. The molecule has 0 unspecified atom stereocenters. The van der Waals surface area contributed by atoms with E-state index in [1.807, 2.05) is 30.3 Å². The molecular formula is C24H19ClFN3O3S. The number of halogens is 2. The Morgan fingerprint density at radius 3 is 2.42 bits per heavy atom. The second-order valence-corrected chi connectivity index (χ2v) is 9.90. The number of sulfone groups is 1. The SMILES string of the molecule is CS(=O)(=O)c1ccc(F)c(NC(=O)c2cn(Cc3ccccc3)nc2-c2ccc(Cl)cc2)c1. The van der Waals surface area contributed by atoms with Gasteiger partial charge in [-0.25, -0.2) is 12.8 Å². The first-order valence-corrected chi connectivity index (χ1v) is 12.2. The Morgan fingerprint density at radius 2 is 1.76 bits per heavy atom. The van der Waals surface area contributed by atoms with Gasteiger partial charge in [0.1, 0.15) is 11.5 Å². The number of carbonyl (C=O) groups excluding carboxylic acids is 1. The molecule has 33 heavy (non-hydrogen) atoms. The van der Waals surface area contributed by atoms with Gasteiger partial charge in [0.15, 0.2) is 9.84 Å². The fourth-order valence-corrected chi connectivity index (χ4v) is 4.05. The van der Waals surface area contributed by atoms with Crippen LogP contribution in [0.1, 0.15) is 15.9 Å². The maximum absolute atomic E-state index is 14.3. The average molecular weight is 484 g/mol. The van der Waals surface area contributed by atoms with Crippen molar-refractivity contribution in [2.24, 2.45) is 0 Å². The number of carbonyl (C=O) groups is 1. The van der Waals surface area contributed by atoms with Crippen LogP contribution in [0, 0.1) is 5.82 Å². The summed E-state index contributed by atoms with van der Waals surface area (Å²) in [5, 5.41) is 7.59. The molecular weight excluding hydrogens is 465 g/mol.